The van der Waals surface area contributed by atoms with E-state index in [-0.39, 0.29) is 0 Å². The molecule has 0 bridgehead atoms. The minimum absolute atomic E-state index is 0.367. The molecule has 1 fully saturated rings. The van der Waals surface area contributed by atoms with E-state index in [1.54, 1.807) is 13.1 Å². The Bertz CT molecular complexity index is 545. The number of carbonyl (C=O) groups is 1. The smallest absolute Gasteiger partial charge is 0.211 e. The van der Waals surface area contributed by atoms with E-state index in [9.17, 15) is 4.79 Å². The SMILES string of the molecule is CN=C(/C=C\NC=O)Nc1ccc(CN2CCC(N)CC2)cc1. The first-order chi connectivity index (χ1) is 11.2. The van der Waals surface area contributed by atoms with Gasteiger partial charge in [-0.3, -0.25) is 14.7 Å². The molecule has 1 aromatic rings. The van der Waals surface area contributed by atoms with E-state index < -0.39 is 0 Å². The number of piperidine rings is 1. The molecule has 1 aliphatic heterocycles. The van der Waals surface area contributed by atoms with Gasteiger partial charge in [0.05, 0.1) is 0 Å². The summed E-state index contributed by atoms with van der Waals surface area (Å²) in [7, 11) is 1.70. The Balaban J connectivity index is 1.87. The van der Waals surface area contributed by atoms with Crippen molar-refractivity contribution in [3.63, 3.8) is 0 Å². The number of nitrogens with zero attached hydrogens (tertiary/aromatic N) is 2. The third kappa shape index (κ3) is 5.84. The number of nitrogens with one attached hydrogen (secondary N) is 2. The first kappa shape index (κ1) is 17.2. The second kappa shape index (κ2) is 9.07. The van der Waals surface area contributed by atoms with Gasteiger partial charge in [-0.1, -0.05) is 12.1 Å². The second-order valence-electron chi connectivity index (χ2n) is 5.66. The van der Waals surface area contributed by atoms with E-state index in [0.29, 0.717) is 18.3 Å². The highest BCUT2D eigenvalue weighted by Crippen LogP contribution is 2.15. The van der Waals surface area contributed by atoms with E-state index >= 15 is 0 Å². The van der Waals surface area contributed by atoms with E-state index in [1.807, 2.05) is 12.1 Å². The summed E-state index contributed by atoms with van der Waals surface area (Å²) in [6, 6.07) is 8.69. The molecule has 124 valence electrons. The first-order valence-corrected chi connectivity index (χ1v) is 7.88. The Hall–Kier alpha value is -2.18. The van der Waals surface area contributed by atoms with Crippen molar-refractivity contribution in [2.24, 2.45) is 10.7 Å². The third-order valence-corrected chi connectivity index (χ3v) is 3.91. The van der Waals surface area contributed by atoms with Gasteiger partial charge in [0.25, 0.3) is 0 Å². The summed E-state index contributed by atoms with van der Waals surface area (Å²) in [4.78, 5) is 16.8. The summed E-state index contributed by atoms with van der Waals surface area (Å²) in [5.74, 6) is 0.678. The van der Waals surface area contributed by atoms with E-state index in [1.165, 1.54) is 11.8 Å². The fourth-order valence-electron chi connectivity index (χ4n) is 2.55. The monoisotopic (exact) mass is 315 g/mol. The molecule has 1 saturated heterocycles. The lowest BCUT2D eigenvalue weighted by Crippen LogP contribution is -2.39. The molecule has 23 heavy (non-hydrogen) atoms. The summed E-state index contributed by atoms with van der Waals surface area (Å²) in [6.07, 6.45) is 6.03. The van der Waals surface area contributed by atoms with Crippen LogP contribution in [0.3, 0.4) is 0 Å². The van der Waals surface area contributed by atoms with Gasteiger partial charge in [0.2, 0.25) is 6.41 Å². The van der Waals surface area contributed by atoms with Gasteiger partial charge in [0, 0.05) is 31.5 Å². The van der Waals surface area contributed by atoms with Crippen molar-refractivity contribution >= 4 is 17.9 Å². The van der Waals surface area contributed by atoms with Crippen LogP contribution >= 0.6 is 0 Å². The highest BCUT2D eigenvalue weighted by Gasteiger charge is 2.15. The highest BCUT2D eigenvalue weighted by atomic mass is 16.1. The summed E-state index contributed by atoms with van der Waals surface area (Å²) in [5.41, 5.74) is 8.19. The molecule has 2 rings (SSSR count). The number of hydrogen-bond donors (Lipinski definition) is 3. The standard InChI is InChI=1S/C17H25N5O/c1-19-17(6-9-20-13-23)21-16-4-2-14(3-5-16)12-22-10-7-15(18)8-11-22/h2-6,9,13,15H,7-8,10-12,18H2,1H3,(H,19,21)(H,20,23)/b9-6-. The molecule has 6 heteroatoms. The number of benzene rings is 1. The number of anilines is 1. The van der Waals surface area contributed by atoms with Gasteiger partial charge >= 0.3 is 0 Å². The maximum Gasteiger partial charge on any atom is 0.211 e. The number of rotatable bonds is 6. The molecule has 0 aromatic heterocycles. The van der Waals surface area contributed by atoms with Crippen LogP contribution in [0, 0.1) is 0 Å². The zero-order valence-corrected chi connectivity index (χ0v) is 13.5. The quantitative estimate of drug-likeness (QED) is 0.420. The van der Waals surface area contributed by atoms with Crippen LogP contribution in [0.5, 0.6) is 0 Å². The molecule has 0 atom stereocenters. The second-order valence-corrected chi connectivity index (χ2v) is 5.66. The van der Waals surface area contributed by atoms with Crippen molar-refractivity contribution in [3.8, 4) is 0 Å². The lowest BCUT2D eigenvalue weighted by Gasteiger charge is -2.30. The van der Waals surface area contributed by atoms with Gasteiger partial charge in [-0.15, -0.1) is 0 Å². The number of amides is 1. The topological polar surface area (TPSA) is 82.8 Å². The molecular weight excluding hydrogens is 290 g/mol. The number of amidine groups is 1. The van der Waals surface area contributed by atoms with Gasteiger partial charge < -0.3 is 16.4 Å². The molecule has 6 nitrogen and oxygen atoms in total. The van der Waals surface area contributed by atoms with E-state index in [4.69, 9.17) is 5.73 Å². The molecule has 4 N–H and O–H groups in total. The average molecular weight is 315 g/mol. The fourth-order valence-corrected chi connectivity index (χ4v) is 2.55. The van der Waals surface area contributed by atoms with Crippen LogP contribution in [0.2, 0.25) is 0 Å². The molecular formula is C17H25N5O. The minimum Gasteiger partial charge on any atom is -0.341 e. The van der Waals surface area contributed by atoms with Gasteiger partial charge in [0.1, 0.15) is 5.84 Å². The Morgan fingerprint density at radius 2 is 2.04 bits per heavy atom. The van der Waals surface area contributed by atoms with Gasteiger partial charge in [0.15, 0.2) is 0 Å². The van der Waals surface area contributed by atoms with Crippen molar-refractivity contribution < 1.29 is 4.79 Å². The van der Waals surface area contributed by atoms with Crippen LogP contribution in [0.15, 0.2) is 41.5 Å². The lowest BCUT2D eigenvalue weighted by molar-refractivity contribution is -0.108. The molecule has 1 amide bonds. The Labute approximate surface area is 137 Å². The van der Waals surface area contributed by atoms with E-state index in [0.717, 1.165) is 38.2 Å². The summed E-state index contributed by atoms with van der Waals surface area (Å²) in [6.45, 7) is 3.11. The van der Waals surface area contributed by atoms with Gasteiger partial charge in [-0.25, -0.2) is 0 Å². The van der Waals surface area contributed by atoms with Gasteiger partial charge in [-0.05, 0) is 49.7 Å². The zero-order valence-electron chi connectivity index (χ0n) is 13.5. The average Bonchev–Trinajstić information content (AvgIpc) is 2.58. The molecule has 0 unspecified atom stereocenters. The largest absolute Gasteiger partial charge is 0.341 e. The maximum absolute atomic E-state index is 10.2. The van der Waals surface area contributed by atoms with Crippen molar-refractivity contribution in [1.29, 1.82) is 0 Å². The molecule has 0 spiro atoms. The van der Waals surface area contributed by atoms with Crippen LogP contribution < -0.4 is 16.4 Å². The lowest BCUT2D eigenvalue weighted by atomic mass is 10.1. The van der Waals surface area contributed by atoms with Crippen LogP contribution in [-0.4, -0.2) is 43.3 Å². The van der Waals surface area contributed by atoms with Crippen LogP contribution in [0.1, 0.15) is 18.4 Å². The molecule has 1 aliphatic rings. The van der Waals surface area contributed by atoms with Crippen molar-refractivity contribution in [2.75, 3.05) is 25.5 Å². The van der Waals surface area contributed by atoms with Gasteiger partial charge in [-0.2, -0.15) is 0 Å². The van der Waals surface area contributed by atoms with Crippen molar-refractivity contribution in [3.05, 3.63) is 42.1 Å². The molecule has 0 radical (unpaired) electrons. The summed E-state index contributed by atoms with van der Waals surface area (Å²) >= 11 is 0. The van der Waals surface area contributed by atoms with Crippen molar-refractivity contribution in [2.45, 2.75) is 25.4 Å². The normalized spacial score (nSPS) is 17.4. The number of nitrogens with two attached hydrogens (primary N) is 1. The van der Waals surface area contributed by atoms with E-state index in [2.05, 4.69) is 32.7 Å². The van der Waals surface area contributed by atoms with Crippen molar-refractivity contribution in [1.82, 2.24) is 10.2 Å². The predicted molar refractivity (Wildman–Crippen MR) is 94.2 cm³/mol. The van der Waals surface area contributed by atoms with Crippen LogP contribution in [0.4, 0.5) is 5.69 Å². The number of carbonyl (C=O) groups excluding carboxylic acids is 1. The molecule has 1 aromatic carbocycles. The Kier molecular flexibility index (Phi) is 6.77. The number of aliphatic imine (C=N–C) groups is 1. The Morgan fingerprint density at radius 1 is 1.35 bits per heavy atom. The summed E-state index contributed by atoms with van der Waals surface area (Å²) < 4.78 is 0. The molecule has 0 aliphatic carbocycles. The summed E-state index contributed by atoms with van der Waals surface area (Å²) in [5, 5.41) is 5.66. The number of hydrogen-bond acceptors (Lipinski definition) is 4. The molecule has 1 heterocycles. The highest BCUT2D eigenvalue weighted by molar-refractivity contribution is 6.03. The third-order valence-electron chi connectivity index (χ3n) is 3.91. The first-order valence-electron chi connectivity index (χ1n) is 7.88. The predicted octanol–water partition coefficient (Wildman–Crippen LogP) is 1.31. The number of likely N-dealkylation sites (tertiary alicyclic amines) is 1. The maximum atomic E-state index is 10.2. The van der Waals surface area contributed by atoms with Crippen LogP contribution in [0.25, 0.3) is 0 Å². The minimum atomic E-state index is 0.367. The molecule has 0 saturated carbocycles. The zero-order chi connectivity index (χ0) is 16.5. The Morgan fingerprint density at radius 3 is 2.65 bits per heavy atom. The fraction of sp³-hybridized carbons (Fsp3) is 0.412. The van der Waals surface area contributed by atoms with Crippen LogP contribution in [-0.2, 0) is 11.3 Å².